The number of thiophene rings is 1. The summed E-state index contributed by atoms with van der Waals surface area (Å²) in [6.07, 6.45) is 0. The zero-order valence-corrected chi connectivity index (χ0v) is 19.8. The Balaban J connectivity index is 1.27. The van der Waals surface area contributed by atoms with E-state index in [0.29, 0.717) is 6.61 Å². The van der Waals surface area contributed by atoms with E-state index in [4.69, 9.17) is 9.47 Å². The van der Waals surface area contributed by atoms with Crippen LogP contribution in [0.1, 0.15) is 31.9 Å². The molecule has 0 bridgehead atoms. The largest absolute Gasteiger partial charge is 0.497 e. The van der Waals surface area contributed by atoms with Crippen LogP contribution < -0.4 is 9.47 Å². The second-order valence-electron chi connectivity index (χ2n) is 8.29. The van der Waals surface area contributed by atoms with Gasteiger partial charge in [0.15, 0.2) is 0 Å². The van der Waals surface area contributed by atoms with Gasteiger partial charge in [-0.15, -0.1) is 11.3 Å². The van der Waals surface area contributed by atoms with E-state index >= 15 is 0 Å². The lowest BCUT2D eigenvalue weighted by molar-refractivity contribution is 0.0633. The summed E-state index contributed by atoms with van der Waals surface area (Å²) in [7, 11) is 1.68. The lowest BCUT2D eigenvalue weighted by atomic mass is 10.1. The molecular formula is C26H30N2O3S. The van der Waals surface area contributed by atoms with Crippen molar-refractivity contribution in [2.75, 3.05) is 33.3 Å². The summed E-state index contributed by atoms with van der Waals surface area (Å²) in [4.78, 5) is 18.1. The van der Waals surface area contributed by atoms with Crippen molar-refractivity contribution in [2.24, 2.45) is 0 Å². The van der Waals surface area contributed by atoms with Crippen LogP contribution in [0.3, 0.4) is 0 Å². The number of aryl methyl sites for hydroxylation is 2. The van der Waals surface area contributed by atoms with Gasteiger partial charge >= 0.3 is 0 Å². The number of carbonyl (C=O) groups excluding carboxylic acids is 1. The molecule has 32 heavy (non-hydrogen) atoms. The first-order valence-corrected chi connectivity index (χ1v) is 11.8. The zero-order valence-electron chi connectivity index (χ0n) is 19.0. The smallest absolute Gasteiger partial charge is 0.264 e. The van der Waals surface area contributed by atoms with E-state index in [2.05, 4.69) is 43.0 Å². The van der Waals surface area contributed by atoms with Gasteiger partial charge in [-0.1, -0.05) is 29.8 Å². The van der Waals surface area contributed by atoms with Crippen molar-refractivity contribution in [1.82, 2.24) is 9.80 Å². The second kappa shape index (κ2) is 10.2. The van der Waals surface area contributed by atoms with Gasteiger partial charge in [0.05, 0.1) is 12.0 Å². The Kier molecular flexibility index (Phi) is 7.12. The highest BCUT2D eigenvalue weighted by molar-refractivity contribution is 7.12. The molecule has 0 unspecified atom stereocenters. The SMILES string of the molecule is COc1ccc(CN2CCN(C(=O)c3cc(COc4ccc(C)cc4C)cs3)CC2)cc1. The van der Waals surface area contributed by atoms with E-state index in [9.17, 15) is 4.79 Å². The molecule has 2 heterocycles. The number of piperazine rings is 1. The summed E-state index contributed by atoms with van der Waals surface area (Å²) in [6.45, 7) is 8.76. The molecule has 3 aromatic rings. The first kappa shape index (κ1) is 22.4. The van der Waals surface area contributed by atoms with E-state index in [1.807, 2.05) is 34.5 Å². The first-order chi connectivity index (χ1) is 15.5. The van der Waals surface area contributed by atoms with Gasteiger partial charge in [-0.2, -0.15) is 0 Å². The number of nitrogens with zero attached hydrogens (tertiary/aromatic N) is 2. The van der Waals surface area contributed by atoms with Crippen molar-refractivity contribution in [3.05, 3.63) is 81.0 Å². The van der Waals surface area contributed by atoms with Crippen molar-refractivity contribution in [2.45, 2.75) is 27.0 Å². The van der Waals surface area contributed by atoms with Gasteiger partial charge in [0.25, 0.3) is 5.91 Å². The monoisotopic (exact) mass is 450 g/mol. The van der Waals surface area contributed by atoms with E-state index in [1.165, 1.54) is 22.5 Å². The normalized spacial score (nSPS) is 14.4. The fourth-order valence-corrected chi connectivity index (χ4v) is 4.80. The molecule has 1 aliphatic heterocycles. The number of amides is 1. The van der Waals surface area contributed by atoms with Crippen LogP contribution in [0, 0.1) is 13.8 Å². The molecule has 0 spiro atoms. The number of hydrogen-bond donors (Lipinski definition) is 0. The fourth-order valence-electron chi connectivity index (χ4n) is 3.94. The van der Waals surface area contributed by atoms with Crippen LogP contribution >= 0.6 is 11.3 Å². The highest BCUT2D eigenvalue weighted by Gasteiger charge is 2.23. The number of benzene rings is 2. The molecule has 4 rings (SSSR count). The van der Waals surface area contributed by atoms with Gasteiger partial charge in [0, 0.05) is 38.3 Å². The Morgan fingerprint density at radius 1 is 0.969 bits per heavy atom. The lowest BCUT2D eigenvalue weighted by Gasteiger charge is -2.34. The summed E-state index contributed by atoms with van der Waals surface area (Å²) in [5, 5.41) is 2.02. The molecule has 2 aromatic carbocycles. The van der Waals surface area contributed by atoms with Crippen molar-refractivity contribution in [3.63, 3.8) is 0 Å². The molecule has 1 aromatic heterocycles. The minimum absolute atomic E-state index is 0.122. The summed E-state index contributed by atoms with van der Waals surface area (Å²) in [5.74, 6) is 1.89. The molecule has 0 radical (unpaired) electrons. The summed E-state index contributed by atoms with van der Waals surface area (Å²) in [6, 6.07) is 16.3. The Labute approximate surface area is 194 Å². The number of hydrogen-bond acceptors (Lipinski definition) is 5. The maximum absolute atomic E-state index is 13.0. The number of ether oxygens (including phenoxy) is 2. The summed E-state index contributed by atoms with van der Waals surface area (Å²) in [5.41, 5.74) is 4.65. The minimum Gasteiger partial charge on any atom is -0.497 e. The third-order valence-corrected chi connectivity index (χ3v) is 6.78. The molecule has 1 amide bonds. The maximum Gasteiger partial charge on any atom is 0.264 e. The van der Waals surface area contributed by atoms with Crippen molar-refractivity contribution >= 4 is 17.2 Å². The van der Waals surface area contributed by atoms with Crippen LogP contribution in [0.15, 0.2) is 53.9 Å². The fraction of sp³-hybridized carbons (Fsp3) is 0.346. The van der Waals surface area contributed by atoms with Crippen LogP contribution in [-0.4, -0.2) is 49.0 Å². The molecule has 1 aliphatic rings. The quantitative estimate of drug-likeness (QED) is 0.513. The lowest BCUT2D eigenvalue weighted by Crippen LogP contribution is -2.48. The standard InChI is InChI=1S/C26H30N2O3S/c1-19-4-9-24(20(2)14-19)31-17-22-15-25(32-18-22)26(29)28-12-10-27(11-13-28)16-21-5-7-23(30-3)8-6-21/h4-9,14-15,18H,10-13,16-17H2,1-3H3. The highest BCUT2D eigenvalue weighted by atomic mass is 32.1. The highest BCUT2D eigenvalue weighted by Crippen LogP contribution is 2.23. The number of carbonyl (C=O) groups is 1. The van der Waals surface area contributed by atoms with Crippen LogP contribution in [-0.2, 0) is 13.2 Å². The molecule has 0 atom stereocenters. The van der Waals surface area contributed by atoms with E-state index in [1.54, 1.807) is 7.11 Å². The third-order valence-electron chi connectivity index (χ3n) is 5.81. The number of rotatable bonds is 7. The summed E-state index contributed by atoms with van der Waals surface area (Å²) >= 11 is 1.50. The average molecular weight is 451 g/mol. The molecule has 0 saturated carbocycles. The second-order valence-corrected chi connectivity index (χ2v) is 9.20. The predicted molar refractivity (Wildman–Crippen MR) is 129 cm³/mol. The van der Waals surface area contributed by atoms with E-state index < -0.39 is 0 Å². The molecule has 1 saturated heterocycles. The van der Waals surface area contributed by atoms with Gasteiger partial charge in [-0.25, -0.2) is 0 Å². The number of methoxy groups -OCH3 is 1. The van der Waals surface area contributed by atoms with Crippen LogP contribution in [0.25, 0.3) is 0 Å². The van der Waals surface area contributed by atoms with Gasteiger partial charge in [-0.3, -0.25) is 9.69 Å². The Morgan fingerprint density at radius 3 is 2.41 bits per heavy atom. The maximum atomic E-state index is 13.0. The molecule has 168 valence electrons. The molecular weight excluding hydrogens is 420 g/mol. The topological polar surface area (TPSA) is 42.0 Å². The molecule has 5 nitrogen and oxygen atoms in total. The first-order valence-electron chi connectivity index (χ1n) is 10.9. The average Bonchev–Trinajstić information content (AvgIpc) is 3.28. The molecule has 0 aliphatic carbocycles. The predicted octanol–water partition coefficient (Wildman–Crippen LogP) is 4.91. The molecule has 0 N–H and O–H groups in total. The van der Waals surface area contributed by atoms with Crippen molar-refractivity contribution in [3.8, 4) is 11.5 Å². The van der Waals surface area contributed by atoms with Crippen LogP contribution in [0.5, 0.6) is 11.5 Å². The van der Waals surface area contributed by atoms with Gasteiger partial charge in [0.1, 0.15) is 18.1 Å². The van der Waals surface area contributed by atoms with Gasteiger partial charge in [-0.05, 0) is 54.6 Å². The van der Waals surface area contributed by atoms with Crippen molar-refractivity contribution in [1.29, 1.82) is 0 Å². The Bertz CT molecular complexity index is 1050. The van der Waals surface area contributed by atoms with Crippen molar-refractivity contribution < 1.29 is 14.3 Å². The minimum atomic E-state index is 0.122. The van der Waals surface area contributed by atoms with Gasteiger partial charge < -0.3 is 14.4 Å². The summed E-state index contributed by atoms with van der Waals surface area (Å²) < 4.78 is 11.2. The molecule has 1 fully saturated rings. The van der Waals surface area contributed by atoms with Gasteiger partial charge in [0.2, 0.25) is 0 Å². The Hall–Kier alpha value is -2.83. The molecule has 6 heteroatoms. The third kappa shape index (κ3) is 5.50. The zero-order chi connectivity index (χ0) is 22.5. The van der Waals surface area contributed by atoms with E-state index in [-0.39, 0.29) is 5.91 Å². The van der Waals surface area contributed by atoms with Crippen LogP contribution in [0.2, 0.25) is 0 Å². The van der Waals surface area contributed by atoms with E-state index in [0.717, 1.165) is 60.2 Å². The van der Waals surface area contributed by atoms with Crippen LogP contribution in [0.4, 0.5) is 0 Å². The Morgan fingerprint density at radius 2 is 1.72 bits per heavy atom.